The van der Waals surface area contributed by atoms with E-state index in [1.807, 2.05) is 29.5 Å². The molecule has 0 saturated carbocycles. The summed E-state index contributed by atoms with van der Waals surface area (Å²) in [4.78, 5) is 27.9. The predicted molar refractivity (Wildman–Crippen MR) is 116 cm³/mol. The number of methoxy groups -OCH3 is 1. The predicted octanol–water partition coefficient (Wildman–Crippen LogP) is 1.96. The van der Waals surface area contributed by atoms with Crippen LogP contribution >= 0.6 is 0 Å². The first-order chi connectivity index (χ1) is 14.5. The number of likely N-dealkylation sites (tertiary alicyclic amines) is 1. The van der Waals surface area contributed by atoms with Gasteiger partial charge in [-0.05, 0) is 51.4 Å². The van der Waals surface area contributed by atoms with Gasteiger partial charge in [-0.1, -0.05) is 12.5 Å². The molecule has 0 aliphatic carbocycles. The van der Waals surface area contributed by atoms with Crippen molar-refractivity contribution in [3.8, 4) is 5.75 Å². The molecule has 0 radical (unpaired) electrons. The van der Waals surface area contributed by atoms with Gasteiger partial charge < -0.3 is 10.1 Å². The number of ether oxygens (including phenoxy) is 1. The first-order valence-electron chi connectivity index (χ1n) is 10.6. The summed E-state index contributed by atoms with van der Waals surface area (Å²) in [6.07, 6.45) is 3.71. The molecule has 4 rings (SSSR count). The fourth-order valence-corrected chi connectivity index (χ4v) is 4.41. The molecule has 3 aromatic rings. The number of fused-ring (bicyclic) bond motifs is 3. The van der Waals surface area contributed by atoms with E-state index in [0.29, 0.717) is 29.7 Å². The monoisotopic (exact) mass is 411 g/mol. The van der Waals surface area contributed by atoms with Crippen molar-refractivity contribution in [2.75, 3.05) is 26.7 Å². The number of aromatic nitrogens is 3. The van der Waals surface area contributed by atoms with Crippen molar-refractivity contribution in [2.24, 2.45) is 0 Å². The Morgan fingerprint density at radius 1 is 1.30 bits per heavy atom. The van der Waals surface area contributed by atoms with E-state index < -0.39 is 0 Å². The van der Waals surface area contributed by atoms with Gasteiger partial charge in [0.15, 0.2) is 0 Å². The van der Waals surface area contributed by atoms with Crippen LogP contribution in [0.2, 0.25) is 0 Å². The maximum absolute atomic E-state index is 13.0. The molecule has 1 aliphatic heterocycles. The smallest absolute Gasteiger partial charge is 0.291 e. The van der Waals surface area contributed by atoms with Crippen LogP contribution in [0.3, 0.4) is 0 Å². The van der Waals surface area contributed by atoms with Crippen molar-refractivity contribution >= 4 is 22.3 Å². The second-order valence-corrected chi connectivity index (χ2v) is 8.00. The number of hydrogen-bond acceptors (Lipinski definition) is 5. The molecule has 1 amide bonds. The highest BCUT2D eigenvalue weighted by molar-refractivity contribution is 5.92. The Kier molecular flexibility index (Phi) is 5.76. The minimum atomic E-state index is -0.293. The second kappa shape index (κ2) is 8.47. The molecule has 160 valence electrons. The summed E-state index contributed by atoms with van der Waals surface area (Å²) in [7, 11) is 1.61. The van der Waals surface area contributed by atoms with Crippen molar-refractivity contribution in [2.45, 2.75) is 45.7 Å². The van der Waals surface area contributed by atoms with E-state index in [-0.39, 0.29) is 18.0 Å². The van der Waals surface area contributed by atoms with Crippen LogP contribution in [0.1, 0.15) is 32.0 Å². The molecule has 2 aromatic heterocycles. The van der Waals surface area contributed by atoms with Crippen LogP contribution in [0.15, 0.2) is 29.1 Å². The molecule has 1 aliphatic rings. The summed E-state index contributed by atoms with van der Waals surface area (Å²) in [5.74, 6) is 1.14. The van der Waals surface area contributed by atoms with Gasteiger partial charge in [-0.2, -0.15) is 5.10 Å². The normalized spacial score (nSPS) is 17.5. The fraction of sp³-hybridized carbons (Fsp3) is 0.500. The average molecular weight is 412 g/mol. The van der Waals surface area contributed by atoms with Crippen LogP contribution < -0.4 is 15.6 Å². The second-order valence-electron chi connectivity index (χ2n) is 8.00. The number of benzene rings is 1. The minimum absolute atomic E-state index is 0.0929. The zero-order valence-corrected chi connectivity index (χ0v) is 17.9. The van der Waals surface area contributed by atoms with Gasteiger partial charge in [0, 0.05) is 24.5 Å². The largest absolute Gasteiger partial charge is 0.496 e. The first-order valence-corrected chi connectivity index (χ1v) is 10.6. The van der Waals surface area contributed by atoms with E-state index in [9.17, 15) is 9.59 Å². The van der Waals surface area contributed by atoms with E-state index >= 15 is 0 Å². The first kappa shape index (κ1) is 20.4. The molecular weight excluding hydrogens is 382 g/mol. The van der Waals surface area contributed by atoms with E-state index in [0.717, 1.165) is 24.0 Å². The third-order valence-electron chi connectivity index (χ3n) is 6.02. The summed E-state index contributed by atoms with van der Waals surface area (Å²) in [5, 5.41) is 8.16. The van der Waals surface area contributed by atoms with Gasteiger partial charge in [-0.25, -0.2) is 4.68 Å². The Bertz CT molecular complexity index is 1130. The summed E-state index contributed by atoms with van der Waals surface area (Å²) in [5.41, 5.74) is 1.05. The number of carbonyl (C=O) groups is 1. The van der Waals surface area contributed by atoms with Crippen molar-refractivity contribution in [3.05, 3.63) is 40.4 Å². The molecular formula is C22H29N5O3. The zero-order chi connectivity index (χ0) is 21.3. The fourth-order valence-electron chi connectivity index (χ4n) is 4.41. The van der Waals surface area contributed by atoms with Crippen LogP contribution in [0.5, 0.6) is 5.75 Å². The summed E-state index contributed by atoms with van der Waals surface area (Å²) < 4.78 is 8.48. The third-order valence-corrected chi connectivity index (χ3v) is 6.02. The zero-order valence-electron chi connectivity index (χ0n) is 17.9. The lowest BCUT2D eigenvalue weighted by atomic mass is 10.0. The molecule has 0 bridgehead atoms. The van der Waals surface area contributed by atoms with Gasteiger partial charge in [0.1, 0.15) is 23.6 Å². The number of amides is 1. The number of piperidine rings is 1. The molecule has 0 unspecified atom stereocenters. The van der Waals surface area contributed by atoms with E-state index in [1.54, 1.807) is 13.2 Å². The van der Waals surface area contributed by atoms with E-state index in [4.69, 9.17) is 4.74 Å². The van der Waals surface area contributed by atoms with Crippen LogP contribution in [-0.2, 0) is 11.3 Å². The topological polar surface area (TPSA) is 80.9 Å². The van der Waals surface area contributed by atoms with Gasteiger partial charge >= 0.3 is 0 Å². The van der Waals surface area contributed by atoms with Crippen LogP contribution in [0.25, 0.3) is 16.4 Å². The maximum atomic E-state index is 13.0. The highest BCUT2D eigenvalue weighted by Gasteiger charge is 2.18. The van der Waals surface area contributed by atoms with E-state index in [2.05, 4.69) is 22.2 Å². The Morgan fingerprint density at radius 2 is 2.13 bits per heavy atom. The summed E-state index contributed by atoms with van der Waals surface area (Å²) >= 11 is 0. The molecule has 1 atom stereocenters. The number of aryl methyl sites for hydroxylation is 1. The maximum Gasteiger partial charge on any atom is 0.291 e. The standard InChI is InChI=1S/C22H29N5O3/c1-15-7-4-5-11-25(15)12-10-23-21(28)14-26-22(29)19-13-17-18(27(19)16(2)24-26)8-6-9-20(17)30-3/h6,8-9,13,15H,4-5,7,10-12,14H2,1-3H3,(H,23,28)/t15-/m0/s1. The van der Waals surface area contributed by atoms with Crippen molar-refractivity contribution in [1.29, 1.82) is 0 Å². The number of carbonyl (C=O) groups excluding carboxylic acids is 1. The highest BCUT2D eigenvalue weighted by Crippen LogP contribution is 2.28. The molecule has 8 nitrogen and oxygen atoms in total. The lowest BCUT2D eigenvalue weighted by Crippen LogP contribution is -2.43. The molecule has 3 heterocycles. The van der Waals surface area contributed by atoms with Gasteiger partial charge in [0.05, 0.1) is 12.6 Å². The van der Waals surface area contributed by atoms with Gasteiger partial charge in [0.25, 0.3) is 5.56 Å². The number of nitrogens with zero attached hydrogens (tertiary/aromatic N) is 4. The number of nitrogens with one attached hydrogen (secondary N) is 1. The number of rotatable bonds is 6. The summed E-state index contributed by atoms with van der Waals surface area (Å²) in [6.45, 7) is 6.46. The molecule has 1 saturated heterocycles. The SMILES string of the molecule is COc1cccc2c1cc1c(=O)n(CC(=O)NCCN3CCCC[C@@H]3C)nc(C)n12. The van der Waals surface area contributed by atoms with Gasteiger partial charge in [0.2, 0.25) is 5.91 Å². The number of hydrogen-bond donors (Lipinski definition) is 1. The van der Waals surface area contributed by atoms with Crippen LogP contribution in [0, 0.1) is 6.92 Å². The lowest BCUT2D eigenvalue weighted by Gasteiger charge is -2.33. The van der Waals surface area contributed by atoms with Crippen molar-refractivity contribution < 1.29 is 9.53 Å². The Hall–Kier alpha value is -2.87. The minimum Gasteiger partial charge on any atom is -0.496 e. The van der Waals surface area contributed by atoms with Gasteiger partial charge in [-0.3, -0.25) is 18.9 Å². The average Bonchev–Trinajstić information content (AvgIpc) is 3.14. The quantitative estimate of drug-likeness (QED) is 0.671. The van der Waals surface area contributed by atoms with Crippen molar-refractivity contribution in [1.82, 2.24) is 24.4 Å². The molecule has 8 heteroatoms. The molecule has 1 fully saturated rings. The van der Waals surface area contributed by atoms with E-state index in [1.165, 1.54) is 23.9 Å². The van der Waals surface area contributed by atoms with Gasteiger partial charge in [-0.15, -0.1) is 0 Å². The highest BCUT2D eigenvalue weighted by atomic mass is 16.5. The molecule has 0 spiro atoms. The third kappa shape index (κ3) is 3.79. The molecule has 1 aromatic carbocycles. The Balaban J connectivity index is 1.51. The van der Waals surface area contributed by atoms with Crippen LogP contribution in [-0.4, -0.2) is 57.8 Å². The lowest BCUT2D eigenvalue weighted by molar-refractivity contribution is -0.122. The van der Waals surface area contributed by atoms with Crippen LogP contribution in [0.4, 0.5) is 0 Å². The Morgan fingerprint density at radius 3 is 2.90 bits per heavy atom. The summed E-state index contributed by atoms with van der Waals surface area (Å²) in [6, 6.07) is 8.04. The van der Waals surface area contributed by atoms with Crippen molar-refractivity contribution in [3.63, 3.8) is 0 Å². The Labute approximate surface area is 175 Å². The molecule has 30 heavy (non-hydrogen) atoms. The molecule has 1 N–H and O–H groups in total.